The van der Waals surface area contributed by atoms with Crippen molar-refractivity contribution >= 4 is 17.2 Å². The zero-order valence-corrected chi connectivity index (χ0v) is 15.6. The molecule has 0 saturated heterocycles. The molecule has 3 heterocycles. The summed E-state index contributed by atoms with van der Waals surface area (Å²) in [5.41, 5.74) is 3.54. The van der Waals surface area contributed by atoms with Gasteiger partial charge in [0.25, 0.3) is 5.91 Å². The number of ether oxygens (including phenoxy) is 1. The van der Waals surface area contributed by atoms with E-state index in [9.17, 15) is 4.79 Å². The molecule has 7 heteroatoms. The van der Waals surface area contributed by atoms with E-state index < -0.39 is 0 Å². The van der Waals surface area contributed by atoms with E-state index in [2.05, 4.69) is 28.4 Å². The van der Waals surface area contributed by atoms with Crippen LogP contribution in [0.2, 0.25) is 0 Å². The lowest BCUT2D eigenvalue weighted by atomic mass is 10.1. The molecule has 0 radical (unpaired) electrons. The number of nitrogens with zero attached hydrogens (tertiary/aromatic N) is 2. The third kappa shape index (κ3) is 3.22. The van der Waals surface area contributed by atoms with Crippen LogP contribution >= 0.6 is 11.3 Å². The quantitative estimate of drug-likeness (QED) is 0.759. The number of fused-ring (bicyclic) bond motifs is 1. The monoisotopic (exact) mass is 369 g/mol. The van der Waals surface area contributed by atoms with E-state index in [0.29, 0.717) is 22.9 Å². The van der Waals surface area contributed by atoms with Crippen molar-refractivity contribution in [2.45, 2.75) is 39.8 Å². The molecule has 26 heavy (non-hydrogen) atoms. The summed E-state index contributed by atoms with van der Waals surface area (Å²) in [6, 6.07) is 7.88. The fraction of sp³-hybridized carbons (Fsp3) is 0.316. The minimum absolute atomic E-state index is 0.141. The van der Waals surface area contributed by atoms with E-state index in [4.69, 9.17) is 9.26 Å². The minimum atomic E-state index is -0.141. The maximum atomic E-state index is 12.3. The van der Waals surface area contributed by atoms with E-state index in [1.54, 1.807) is 0 Å². The predicted molar refractivity (Wildman–Crippen MR) is 98.5 cm³/mol. The van der Waals surface area contributed by atoms with Crippen LogP contribution in [0.25, 0.3) is 11.3 Å². The summed E-state index contributed by atoms with van der Waals surface area (Å²) in [6.07, 6.45) is 1.14. The molecule has 4 rings (SSSR count). The zero-order chi connectivity index (χ0) is 18.3. The third-order valence-electron chi connectivity index (χ3n) is 4.29. The molecular formula is C19H19N3O3S. The normalized spacial score (nSPS) is 15.6. The van der Waals surface area contributed by atoms with E-state index in [0.717, 1.165) is 28.4 Å². The lowest BCUT2D eigenvalue weighted by Crippen LogP contribution is -2.22. The second-order valence-electron chi connectivity index (χ2n) is 6.47. The van der Waals surface area contributed by atoms with Crippen molar-refractivity contribution in [3.05, 3.63) is 51.1 Å². The Labute approximate surface area is 155 Å². The summed E-state index contributed by atoms with van der Waals surface area (Å²) >= 11 is 1.39. The molecule has 6 nitrogen and oxygen atoms in total. The van der Waals surface area contributed by atoms with Gasteiger partial charge in [-0.2, -0.15) is 0 Å². The van der Waals surface area contributed by atoms with Gasteiger partial charge in [0.2, 0.25) is 0 Å². The molecule has 0 aliphatic carbocycles. The fourth-order valence-electron chi connectivity index (χ4n) is 3.08. The van der Waals surface area contributed by atoms with Gasteiger partial charge in [0.05, 0.1) is 17.2 Å². The highest BCUT2D eigenvalue weighted by Gasteiger charge is 2.20. The summed E-state index contributed by atoms with van der Waals surface area (Å²) in [5, 5.41) is 7.80. The van der Waals surface area contributed by atoms with Crippen LogP contribution < -0.4 is 10.1 Å². The molecule has 0 saturated carbocycles. The lowest BCUT2D eigenvalue weighted by Gasteiger charge is -2.03. The molecule has 1 aliphatic heterocycles. The van der Waals surface area contributed by atoms with Gasteiger partial charge in [-0.1, -0.05) is 17.3 Å². The molecule has 0 spiro atoms. The van der Waals surface area contributed by atoms with Crippen molar-refractivity contribution in [3.63, 3.8) is 0 Å². The first kappa shape index (κ1) is 16.8. The average molecular weight is 369 g/mol. The predicted octanol–water partition coefficient (Wildman–Crippen LogP) is 3.67. The van der Waals surface area contributed by atoms with Gasteiger partial charge in [0.1, 0.15) is 22.4 Å². The summed E-state index contributed by atoms with van der Waals surface area (Å²) in [6.45, 7) is 6.08. The van der Waals surface area contributed by atoms with Gasteiger partial charge in [-0.15, -0.1) is 11.3 Å². The zero-order valence-electron chi connectivity index (χ0n) is 14.8. The number of hydrogen-bond donors (Lipinski definition) is 1. The number of thiazole rings is 1. The molecule has 1 aliphatic rings. The highest BCUT2D eigenvalue weighted by atomic mass is 32.1. The highest BCUT2D eigenvalue weighted by molar-refractivity contribution is 7.13. The fourth-order valence-corrected chi connectivity index (χ4v) is 3.91. The first-order valence-corrected chi connectivity index (χ1v) is 9.29. The van der Waals surface area contributed by atoms with Gasteiger partial charge in [-0.25, -0.2) is 4.98 Å². The van der Waals surface area contributed by atoms with Crippen LogP contribution in [-0.4, -0.2) is 22.2 Å². The first-order valence-electron chi connectivity index (χ1n) is 8.47. The molecule has 0 bridgehead atoms. The lowest BCUT2D eigenvalue weighted by molar-refractivity contribution is 0.0953. The number of aromatic nitrogens is 2. The Bertz CT molecular complexity index is 976. The maximum absolute atomic E-state index is 12.3. The van der Waals surface area contributed by atoms with Gasteiger partial charge in [0.15, 0.2) is 5.76 Å². The van der Waals surface area contributed by atoms with Gasteiger partial charge < -0.3 is 14.6 Å². The van der Waals surface area contributed by atoms with Crippen molar-refractivity contribution in [1.29, 1.82) is 0 Å². The maximum Gasteiger partial charge on any atom is 0.263 e. The Kier molecular flexibility index (Phi) is 4.24. The molecule has 1 unspecified atom stereocenters. The van der Waals surface area contributed by atoms with Gasteiger partial charge in [-0.3, -0.25) is 4.79 Å². The van der Waals surface area contributed by atoms with Crippen molar-refractivity contribution in [2.75, 3.05) is 0 Å². The van der Waals surface area contributed by atoms with Crippen LogP contribution in [0.3, 0.4) is 0 Å². The van der Waals surface area contributed by atoms with Gasteiger partial charge in [-0.05, 0) is 32.4 Å². The first-order chi connectivity index (χ1) is 12.5. The Hall–Kier alpha value is -2.67. The number of hydrogen-bond acceptors (Lipinski definition) is 6. The van der Waals surface area contributed by atoms with E-state index in [1.165, 1.54) is 16.9 Å². The van der Waals surface area contributed by atoms with E-state index in [-0.39, 0.29) is 12.0 Å². The number of nitrogens with one attached hydrogen (secondary N) is 1. The Balaban J connectivity index is 1.45. The number of carbonyl (C=O) groups is 1. The van der Waals surface area contributed by atoms with Crippen LogP contribution in [0.4, 0.5) is 0 Å². The van der Waals surface area contributed by atoms with Crippen LogP contribution in [0.15, 0.2) is 28.8 Å². The third-order valence-corrected chi connectivity index (χ3v) is 5.36. The summed E-state index contributed by atoms with van der Waals surface area (Å²) < 4.78 is 11.2. The topological polar surface area (TPSA) is 77.2 Å². The number of carbonyl (C=O) groups excluding carboxylic acids is 1. The Morgan fingerprint density at radius 2 is 2.19 bits per heavy atom. The van der Waals surface area contributed by atoms with Gasteiger partial charge >= 0.3 is 0 Å². The van der Waals surface area contributed by atoms with Crippen LogP contribution in [0, 0.1) is 13.8 Å². The molecule has 0 fully saturated rings. The molecule has 3 aromatic rings. The Morgan fingerprint density at radius 1 is 1.35 bits per heavy atom. The molecule has 134 valence electrons. The Morgan fingerprint density at radius 3 is 2.96 bits per heavy atom. The van der Waals surface area contributed by atoms with Crippen molar-refractivity contribution in [1.82, 2.24) is 15.5 Å². The molecular weight excluding hydrogens is 350 g/mol. The van der Waals surface area contributed by atoms with Crippen LogP contribution in [-0.2, 0) is 13.0 Å². The smallest absolute Gasteiger partial charge is 0.263 e. The number of aryl methyl sites for hydroxylation is 2. The van der Waals surface area contributed by atoms with Crippen molar-refractivity contribution in [3.8, 4) is 17.1 Å². The standard InChI is InChI=1S/C19H19N3O3S/c1-10-6-13-4-5-14(7-16(13)24-10)17-8-15(22-25-17)9-20-19(23)18-11(2)21-12(3)26-18/h4-5,7-8,10H,6,9H2,1-3H3,(H,20,23). The second kappa shape index (κ2) is 6.57. The highest BCUT2D eigenvalue weighted by Crippen LogP contribution is 2.33. The number of amides is 1. The SMILES string of the molecule is Cc1nc(C)c(C(=O)NCc2cc(-c3ccc4c(c3)OC(C)C4)on2)s1. The van der Waals surface area contributed by atoms with E-state index in [1.807, 2.05) is 32.0 Å². The van der Waals surface area contributed by atoms with Gasteiger partial charge in [0, 0.05) is 18.1 Å². The average Bonchev–Trinajstić information content (AvgIpc) is 3.29. The van der Waals surface area contributed by atoms with E-state index >= 15 is 0 Å². The second-order valence-corrected chi connectivity index (χ2v) is 7.67. The largest absolute Gasteiger partial charge is 0.490 e. The molecule has 1 N–H and O–H groups in total. The van der Waals surface area contributed by atoms with Crippen molar-refractivity contribution in [2.24, 2.45) is 0 Å². The summed E-state index contributed by atoms with van der Waals surface area (Å²) in [5.74, 6) is 1.42. The molecule has 1 aromatic carbocycles. The molecule has 2 aromatic heterocycles. The minimum Gasteiger partial charge on any atom is -0.490 e. The number of benzene rings is 1. The molecule has 1 atom stereocenters. The summed E-state index contributed by atoms with van der Waals surface area (Å²) in [4.78, 5) is 17.2. The number of rotatable bonds is 4. The molecule has 1 amide bonds. The van der Waals surface area contributed by atoms with Crippen LogP contribution in [0.5, 0.6) is 5.75 Å². The van der Waals surface area contributed by atoms with Crippen molar-refractivity contribution < 1.29 is 14.1 Å². The van der Waals surface area contributed by atoms with Crippen LogP contribution in [0.1, 0.15) is 38.6 Å². The summed E-state index contributed by atoms with van der Waals surface area (Å²) in [7, 11) is 0.